The number of aromatic amines is 1. The minimum absolute atomic E-state index is 0.178. The van der Waals surface area contributed by atoms with Crippen LogP contribution in [0.25, 0.3) is 11.1 Å². The van der Waals surface area contributed by atoms with Gasteiger partial charge in [-0.3, -0.25) is 9.78 Å². The minimum Gasteiger partial charge on any atom is -0.408 e. The van der Waals surface area contributed by atoms with Gasteiger partial charge in [-0.2, -0.15) is 0 Å². The third-order valence-corrected chi connectivity index (χ3v) is 4.32. The second kappa shape index (κ2) is 3.34. The average molecular weight is 243 g/mol. The monoisotopic (exact) mass is 243 g/mol. The van der Waals surface area contributed by atoms with Crippen LogP contribution in [-0.4, -0.2) is 10.8 Å². The van der Waals surface area contributed by atoms with Gasteiger partial charge < -0.3 is 4.42 Å². The molecule has 2 unspecified atom stereocenters. The van der Waals surface area contributed by atoms with Gasteiger partial charge in [0, 0.05) is 11.5 Å². The van der Waals surface area contributed by atoms with Crippen LogP contribution in [0.15, 0.2) is 27.4 Å². The molecule has 1 heterocycles. The molecule has 1 N–H and O–H groups in total. The number of H-pyrrole nitrogens is 1. The SMILES string of the molecule is O=C(c1ccc2[nH]c(=O)oc2c1)C1CC2CC2C1. The lowest BCUT2D eigenvalue weighted by atomic mass is 9.93. The molecule has 2 aliphatic carbocycles. The van der Waals surface area contributed by atoms with Crippen LogP contribution in [0.4, 0.5) is 0 Å². The summed E-state index contributed by atoms with van der Waals surface area (Å²) < 4.78 is 4.99. The van der Waals surface area contributed by atoms with Gasteiger partial charge in [-0.25, -0.2) is 4.79 Å². The Kier molecular flexibility index (Phi) is 1.88. The van der Waals surface area contributed by atoms with E-state index in [0.717, 1.165) is 24.7 Å². The van der Waals surface area contributed by atoms with Gasteiger partial charge in [-0.1, -0.05) is 0 Å². The van der Waals surface area contributed by atoms with Gasteiger partial charge in [0.15, 0.2) is 11.4 Å². The molecule has 4 rings (SSSR count). The van der Waals surface area contributed by atoms with Crippen molar-refractivity contribution in [1.29, 1.82) is 0 Å². The first-order chi connectivity index (χ1) is 8.70. The number of oxazole rings is 1. The molecule has 0 aliphatic heterocycles. The van der Waals surface area contributed by atoms with E-state index in [2.05, 4.69) is 4.98 Å². The summed E-state index contributed by atoms with van der Waals surface area (Å²) in [6.45, 7) is 0. The molecular weight excluding hydrogens is 230 g/mol. The molecule has 0 bridgehead atoms. The van der Waals surface area contributed by atoms with Crippen molar-refractivity contribution in [2.45, 2.75) is 19.3 Å². The van der Waals surface area contributed by atoms with Crippen molar-refractivity contribution in [3.05, 3.63) is 34.3 Å². The molecule has 4 heteroatoms. The van der Waals surface area contributed by atoms with E-state index in [0.29, 0.717) is 16.7 Å². The van der Waals surface area contributed by atoms with E-state index < -0.39 is 5.76 Å². The Morgan fingerprint density at radius 2 is 2.00 bits per heavy atom. The second-order valence-corrected chi connectivity index (χ2v) is 5.51. The number of nitrogens with one attached hydrogen (secondary N) is 1. The Morgan fingerprint density at radius 3 is 2.78 bits per heavy atom. The molecule has 0 radical (unpaired) electrons. The van der Waals surface area contributed by atoms with Crippen molar-refractivity contribution in [1.82, 2.24) is 4.98 Å². The van der Waals surface area contributed by atoms with Gasteiger partial charge in [-0.05, 0) is 49.3 Å². The van der Waals surface area contributed by atoms with Gasteiger partial charge in [0.1, 0.15) is 0 Å². The van der Waals surface area contributed by atoms with Crippen molar-refractivity contribution in [2.24, 2.45) is 17.8 Å². The Balaban J connectivity index is 1.68. The number of rotatable bonds is 2. The van der Waals surface area contributed by atoms with Crippen molar-refractivity contribution >= 4 is 16.9 Å². The first kappa shape index (κ1) is 10.1. The largest absolute Gasteiger partial charge is 0.417 e. The predicted molar refractivity (Wildman–Crippen MR) is 65.5 cm³/mol. The number of carbonyl (C=O) groups excluding carboxylic acids is 1. The third kappa shape index (κ3) is 1.45. The molecule has 92 valence electrons. The fourth-order valence-electron chi connectivity index (χ4n) is 3.26. The number of ketones is 1. The first-order valence-electron chi connectivity index (χ1n) is 6.38. The Hall–Kier alpha value is -1.84. The molecule has 1 aromatic heterocycles. The summed E-state index contributed by atoms with van der Waals surface area (Å²) in [7, 11) is 0. The van der Waals surface area contributed by atoms with E-state index in [-0.39, 0.29) is 11.7 Å². The van der Waals surface area contributed by atoms with Crippen molar-refractivity contribution < 1.29 is 9.21 Å². The fourth-order valence-corrected chi connectivity index (χ4v) is 3.26. The Morgan fingerprint density at radius 1 is 1.22 bits per heavy atom. The molecule has 1 aromatic carbocycles. The maximum atomic E-state index is 12.3. The van der Waals surface area contributed by atoms with E-state index in [1.807, 2.05) is 0 Å². The van der Waals surface area contributed by atoms with Gasteiger partial charge in [0.05, 0.1) is 5.52 Å². The van der Waals surface area contributed by atoms with Crippen molar-refractivity contribution in [3.8, 4) is 0 Å². The molecule has 2 atom stereocenters. The summed E-state index contributed by atoms with van der Waals surface area (Å²) in [6, 6.07) is 5.20. The molecule has 0 saturated heterocycles. The highest BCUT2D eigenvalue weighted by molar-refractivity contribution is 6.00. The van der Waals surface area contributed by atoms with E-state index in [4.69, 9.17) is 4.42 Å². The average Bonchev–Trinajstić information content (AvgIpc) is 2.82. The van der Waals surface area contributed by atoms with Gasteiger partial charge in [0.25, 0.3) is 0 Å². The van der Waals surface area contributed by atoms with E-state index in [1.54, 1.807) is 18.2 Å². The summed E-state index contributed by atoms with van der Waals surface area (Å²) >= 11 is 0. The van der Waals surface area contributed by atoms with Gasteiger partial charge in [0.2, 0.25) is 0 Å². The number of hydrogen-bond donors (Lipinski definition) is 1. The van der Waals surface area contributed by atoms with Crippen LogP contribution in [-0.2, 0) is 0 Å². The zero-order valence-corrected chi connectivity index (χ0v) is 9.81. The Labute approximate surface area is 103 Å². The molecule has 2 fully saturated rings. The van der Waals surface area contributed by atoms with Crippen molar-refractivity contribution in [2.75, 3.05) is 0 Å². The van der Waals surface area contributed by atoms with Gasteiger partial charge in [-0.15, -0.1) is 0 Å². The van der Waals surface area contributed by atoms with Gasteiger partial charge >= 0.3 is 5.76 Å². The second-order valence-electron chi connectivity index (χ2n) is 5.51. The topological polar surface area (TPSA) is 63.1 Å². The number of carbonyl (C=O) groups is 1. The summed E-state index contributed by atoms with van der Waals surface area (Å²) in [5.41, 5.74) is 1.77. The molecule has 2 aliphatic rings. The quantitative estimate of drug-likeness (QED) is 0.823. The van der Waals surface area contributed by atoms with Crippen LogP contribution < -0.4 is 5.76 Å². The highest BCUT2D eigenvalue weighted by atomic mass is 16.4. The number of benzene rings is 1. The predicted octanol–water partition coefficient (Wildman–Crippen LogP) is 2.35. The van der Waals surface area contributed by atoms with E-state index in [1.165, 1.54) is 6.42 Å². The lowest BCUT2D eigenvalue weighted by Gasteiger charge is -2.09. The van der Waals surface area contributed by atoms with Crippen LogP contribution in [0.1, 0.15) is 29.6 Å². The molecule has 4 nitrogen and oxygen atoms in total. The molecular formula is C14H13NO3. The highest BCUT2D eigenvalue weighted by Crippen LogP contribution is 2.54. The fraction of sp³-hybridized carbons (Fsp3) is 0.429. The van der Waals surface area contributed by atoms with E-state index in [9.17, 15) is 9.59 Å². The summed E-state index contributed by atoms with van der Waals surface area (Å²) in [5, 5.41) is 0. The molecule has 0 spiro atoms. The van der Waals surface area contributed by atoms with Crippen LogP contribution in [0, 0.1) is 17.8 Å². The number of hydrogen-bond acceptors (Lipinski definition) is 3. The van der Waals surface area contributed by atoms with Crippen LogP contribution in [0.3, 0.4) is 0 Å². The molecule has 18 heavy (non-hydrogen) atoms. The number of fused-ring (bicyclic) bond motifs is 2. The van der Waals surface area contributed by atoms with Crippen LogP contribution >= 0.6 is 0 Å². The van der Waals surface area contributed by atoms with E-state index >= 15 is 0 Å². The molecule has 2 saturated carbocycles. The lowest BCUT2D eigenvalue weighted by Crippen LogP contribution is -2.12. The first-order valence-corrected chi connectivity index (χ1v) is 6.38. The standard InChI is InChI=1S/C14H13NO3/c16-13(10-4-8-3-9(8)5-10)7-1-2-11-12(6-7)18-14(17)15-11/h1-2,6,8-10H,3-5H2,(H,15,17). The molecule has 2 aromatic rings. The zero-order valence-electron chi connectivity index (χ0n) is 9.81. The normalized spacial score (nSPS) is 29.4. The number of aromatic nitrogens is 1. The summed E-state index contributed by atoms with van der Waals surface area (Å²) in [5.74, 6) is 1.50. The Bertz CT molecular complexity index is 686. The minimum atomic E-state index is -0.475. The molecule has 0 amide bonds. The maximum absolute atomic E-state index is 12.3. The van der Waals surface area contributed by atoms with Crippen LogP contribution in [0.2, 0.25) is 0 Å². The zero-order chi connectivity index (χ0) is 12.3. The van der Waals surface area contributed by atoms with Crippen LogP contribution in [0.5, 0.6) is 0 Å². The summed E-state index contributed by atoms with van der Waals surface area (Å²) in [6.07, 6.45) is 3.40. The lowest BCUT2D eigenvalue weighted by molar-refractivity contribution is 0.0914. The smallest absolute Gasteiger partial charge is 0.408 e. The maximum Gasteiger partial charge on any atom is 0.417 e. The third-order valence-electron chi connectivity index (χ3n) is 4.32. The highest BCUT2D eigenvalue weighted by Gasteiger charge is 2.47. The number of Topliss-reactive ketones (excluding diaryl/α,β-unsaturated/α-hetero) is 1. The summed E-state index contributed by atoms with van der Waals surface area (Å²) in [4.78, 5) is 26.0. The van der Waals surface area contributed by atoms with Crippen molar-refractivity contribution in [3.63, 3.8) is 0 Å².